The van der Waals surface area contributed by atoms with Crippen LogP contribution in [0.4, 0.5) is 0 Å². The third-order valence-corrected chi connectivity index (χ3v) is 3.57. The standard InChI is InChI=1S/C18H21NO2/c1-14-8-10-15(11-9-14)12-19(2)13-17(18(20)21)16-6-4-3-5-7-16/h3-11,17H,12-13H2,1-2H3,(H,20,21). The lowest BCUT2D eigenvalue weighted by atomic mass is 9.98. The summed E-state index contributed by atoms with van der Waals surface area (Å²) in [5, 5.41) is 9.45. The van der Waals surface area contributed by atoms with Crippen LogP contribution >= 0.6 is 0 Å². The number of aryl methyl sites for hydroxylation is 1. The van der Waals surface area contributed by atoms with Gasteiger partial charge in [-0.1, -0.05) is 60.2 Å². The Morgan fingerprint density at radius 1 is 1.10 bits per heavy atom. The maximum atomic E-state index is 11.5. The van der Waals surface area contributed by atoms with Crippen molar-refractivity contribution in [3.8, 4) is 0 Å². The van der Waals surface area contributed by atoms with Crippen molar-refractivity contribution in [3.63, 3.8) is 0 Å². The first-order valence-electron chi connectivity index (χ1n) is 7.08. The zero-order valence-corrected chi connectivity index (χ0v) is 12.5. The lowest BCUT2D eigenvalue weighted by Gasteiger charge is -2.22. The Morgan fingerprint density at radius 2 is 1.71 bits per heavy atom. The van der Waals surface area contributed by atoms with E-state index in [1.54, 1.807) is 0 Å². The molecule has 0 amide bonds. The molecule has 0 aliphatic heterocycles. The smallest absolute Gasteiger partial charge is 0.312 e. The summed E-state index contributed by atoms with van der Waals surface area (Å²) in [6.45, 7) is 3.30. The summed E-state index contributed by atoms with van der Waals surface area (Å²) in [7, 11) is 1.96. The third-order valence-electron chi connectivity index (χ3n) is 3.57. The number of likely N-dealkylation sites (N-methyl/N-ethyl adjacent to an activating group) is 1. The van der Waals surface area contributed by atoms with Gasteiger partial charge in [0.1, 0.15) is 0 Å². The van der Waals surface area contributed by atoms with Crippen LogP contribution < -0.4 is 0 Å². The van der Waals surface area contributed by atoms with Gasteiger partial charge in [0.2, 0.25) is 0 Å². The summed E-state index contributed by atoms with van der Waals surface area (Å²) in [6, 6.07) is 17.7. The molecule has 2 aromatic carbocycles. The fourth-order valence-corrected chi connectivity index (χ4v) is 2.39. The van der Waals surface area contributed by atoms with Gasteiger partial charge in [-0.25, -0.2) is 0 Å². The van der Waals surface area contributed by atoms with Crippen LogP contribution in [0.3, 0.4) is 0 Å². The van der Waals surface area contributed by atoms with E-state index < -0.39 is 11.9 Å². The second kappa shape index (κ2) is 7.04. The highest BCUT2D eigenvalue weighted by molar-refractivity contribution is 5.76. The lowest BCUT2D eigenvalue weighted by Crippen LogP contribution is -2.28. The Bertz CT molecular complexity index is 578. The number of hydrogen-bond acceptors (Lipinski definition) is 2. The van der Waals surface area contributed by atoms with Gasteiger partial charge in [-0.15, -0.1) is 0 Å². The average Bonchev–Trinajstić information content (AvgIpc) is 2.48. The summed E-state index contributed by atoms with van der Waals surface area (Å²) in [4.78, 5) is 13.6. The number of carboxylic acid groups (broad SMARTS) is 1. The molecule has 2 rings (SSSR count). The van der Waals surface area contributed by atoms with Gasteiger partial charge in [0.25, 0.3) is 0 Å². The van der Waals surface area contributed by atoms with Gasteiger partial charge < -0.3 is 10.0 Å². The highest BCUT2D eigenvalue weighted by atomic mass is 16.4. The molecule has 0 spiro atoms. The van der Waals surface area contributed by atoms with Crippen LogP contribution in [0, 0.1) is 6.92 Å². The summed E-state index contributed by atoms with van der Waals surface area (Å²) >= 11 is 0. The van der Waals surface area contributed by atoms with E-state index in [2.05, 4.69) is 36.1 Å². The summed E-state index contributed by atoms with van der Waals surface area (Å²) in [5.74, 6) is -1.28. The monoisotopic (exact) mass is 283 g/mol. The van der Waals surface area contributed by atoms with Gasteiger partial charge in [0, 0.05) is 13.1 Å². The largest absolute Gasteiger partial charge is 0.481 e. The lowest BCUT2D eigenvalue weighted by molar-refractivity contribution is -0.139. The fourth-order valence-electron chi connectivity index (χ4n) is 2.39. The van der Waals surface area contributed by atoms with Crippen molar-refractivity contribution < 1.29 is 9.90 Å². The molecule has 3 heteroatoms. The Hall–Kier alpha value is -2.13. The Balaban J connectivity index is 2.03. The molecule has 0 aromatic heterocycles. The number of benzene rings is 2. The molecule has 0 aliphatic carbocycles. The minimum atomic E-state index is -0.781. The first-order chi connectivity index (χ1) is 10.1. The molecule has 0 saturated heterocycles. The van der Waals surface area contributed by atoms with Crippen molar-refractivity contribution in [2.24, 2.45) is 0 Å². The molecule has 1 unspecified atom stereocenters. The summed E-state index contributed by atoms with van der Waals surface area (Å²) in [6.07, 6.45) is 0. The molecule has 0 saturated carbocycles. The van der Waals surface area contributed by atoms with Gasteiger partial charge in [-0.3, -0.25) is 4.79 Å². The van der Waals surface area contributed by atoms with Crippen molar-refractivity contribution >= 4 is 5.97 Å². The quantitative estimate of drug-likeness (QED) is 0.884. The van der Waals surface area contributed by atoms with E-state index in [4.69, 9.17) is 0 Å². The first-order valence-corrected chi connectivity index (χ1v) is 7.08. The van der Waals surface area contributed by atoms with Gasteiger partial charge in [0.05, 0.1) is 5.92 Å². The van der Waals surface area contributed by atoms with Gasteiger partial charge in [0.15, 0.2) is 0 Å². The van der Waals surface area contributed by atoms with Crippen LogP contribution in [-0.2, 0) is 11.3 Å². The second-order valence-electron chi connectivity index (χ2n) is 5.48. The molecule has 2 aromatic rings. The zero-order valence-electron chi connectivity index (χ0n) is 12.5. The molecule has 1 atom stereocenters. The second-order valence-corrected chi connectivity index (χ2v) is 5.48. The molecule has 21 heavy (non-hydrogen) atoms. The van der Waals surface area contributed by atoms with Crippen LogP contribution in [-0.4, -0.2) is 29.6 Å². The number of nitrogens with zero attached hydrogens (tertiary/aromatic N) is 1. The minimum Gasteiger partial charge on any atom is -0.481 e. The molecule has 110 valence electrons. The first kappa shape index (κ1) is 15.3. The zero-order chi connectivity index (χ0) is 15.2. The molecule has 0 heterocycles. The van der Waals surface area contributed by atoms with E-state index in [1.807, 2.05) is 37.4 Å². The van der Waals surface area contributed by atoms with Crippen molar-refractivity contribution in [2.45, 2.75) is 19.4 Å². The van der Waals surface area contributed by atoms with E-state index in [0.717, 1.165) is 12.1 Å². The topological polar surface area (TPSA) is 40.5 Å². The molecule has 0 bridgehead atoms. The summed E-state index contributed by atoms with van der Waals surface area (Å²) < 4.78 is 0. The summed E-state index contributed by atoms with van der Waals surface area (Å²) in [5.41, 5.74) is 3.27. The Kier molecular flexibility index (Phi) is 5.12. The van der Waals surface area contributed by atoms with E-state index in [1.165, 1.54) is 11.1 Å². The van der Waals surface area contributed by atoms with E-state index in [0.29, 0.717) is 6.54 Å². The molecule has 3 nitrogen and oxygen atoms in total. The fraction of sp³-hybridized carbons (Fsp3) is 0.278. The SMILES string of the molecule is Cc1ccc(CN(C)CC(C(=O)O)c2ccccc2)cc1. The van der Waals surface area contributed by atoms with Crippen molar-refractivity contribution in [2.75, 3.05) is 13.6 Å². The number of aliphatic carboxylic acids is 1. The van der Waals surface area contributed by atoms with Crippen LogP contribution in [0.25, 0.3) is 0 Å². The predicted molar refractivity (Wildman–Crippen MR) is 84.3 cm³/mol. The number of hydrogen-bond donors (Lipinski definition) is 1. The number of carbonyl (C=O) groups is 1. The molecule has 0 aliphatic rings. The molecular weight excluding hydrogens is 262 g/mol. The third kappa shape index (κ3) is 4.43. The van der Waals surface area contributed by atoms with Crippen molar-refractivity contribution in [3.05, 3.63) is 71.3 Å². The van der Waals surface area contributed by atoms with Gasteiger partial charge in [-0.2, -0.15) is 0 Å². The normalized spacial score (nSPS) is 12.3. The van der Waals surface area contributed by atoms with Crippen molar-refractivity contribution in [1.82, 2.24) is 4.90 Å². The minimum absolute atomic E-state index is 0.493. The van der Waals surface area contributed by atoms with Crippen LogP contribution in [0.1, 0.15) is 22.6 Å². The number of rotatable bonds is 6. The van der Waals surface area contributed by atoms with Gasteiger partial charge >= 0.3 is 5.97 Å². The van der Waals surface area contributed by atoms with Crippen LogP contribution in [0.15, 0.2) is 54.6 Å². The van der Waals surface area contributed by atoms with E-state index in [9.17, 15) is 9.90 Å². The highest BCUT2D eigenvalue weighted by Crippen LogP contribution is 2.18. The predicted octanol–water partition coefficient (Wildman–Crippen LogP) is 3.30. The number of carboxylic acids is 1. The molecule has 0 fully saturated rings. The molecule has 1 N–H and O–H groups in total. The molecular formula is C18H21NO2. The van der Waals surface area contributed by atoms with Crippen LogP contribution in [0.5, 0.6) is 0 Å². The van der Waals surface area contributed by atoms with Crippen molar-refractivity contribution in [1.29, 1.82) is 0 Å². The van der Waals surface area contributed by atoms with Gasteiger partial charge in [-0.05, 0) is 25.1 Å². The maximum absolute atomic E-state index is 11.5. The maximum Gasteiger partial charge on any atom is 0.312 e. The van der Waals surface area contributed by atoms with E-state index >= 15 is 0 Å². The Labute approximate surface area is 125 Å². The molecule has 0 radical (unpaired) electrons. The average molecular weight is 283 g/mol. The van der Waals surface area contributed by atoms with Crippen LogP contribution in [0.2, 0.25) is 0 Å². The van der Waals surface area contributed by atoms with E-state index in [-0.39, 0.29) is 0 Å². The Morgan fingerprint density at radius 3 is 2.29 bits per heavy atom. The highest BCUT2D eigenvalue weighted by Gasteiger charge is 2.21.